The van der Waals surface area contributed by atoms with Gasteiger partial charge in [0, 0.05) is 45.2 Å². The molecule has 2 saturated heterocycles. The van der Waals surface area contributed by atoms with Crippen molar-refractivity contribution >= 4 is 5.91 Å². The van der Waals surface area contributed by atoms with Crippen LogP contribution >= 0.6 is 0 Å². The Kier molecular flexibility index (Phi) is 4.22. The Morgan fingerprint density at radius 2 is 1.83 bits per heavy atom. The van der Waals surface area contributed by atoms with Gasteiger partial charge in [0.05, 0.1) is 6.04 Å². The lowest BCUT2D eigenvalue weighted by molar-refractivity contribution is -0.137. The molecule has 0 bridgehead atoms. The molecule has 1 amide bonds. The molecule has 2 aliphatic rings. The Hall–Kier alpha value is -0.680. The molecule has 0 aromatic heterocycles. The zero-order valence-electron chi connectivity index (χ0n) is 11.6. The summed E-state index contributed by atoms with van der Waals surface area (Å²) in [5.74, 6) is 0.112. The van der Waals surface area contributed by atoms with E-state index in [4.69, 9.17) is 0 Å². The minimum Gasteiger partial charge on any atom is -0.339 e. The number of alkyl halides is 1. The van der Waals surface area contributed by atoms with Crippen LogP contribution in [0.1, 0.15) is 20.3 Å². The number of halogens is 1. The van der Waals surface area contributed by atoms with Gasteiger partial charge in [0.2, 0.25) is 5.91 Å². The quantitative estimate of drug-likeness (QED) is 0.724. The summed E-state index contributed by atoms with van der Waals surface area (Å²) in [5, 5.41) is 0. The number of amides is 1. The number of likely N-dealkylation sites (N-methyl/N-ethyl adjacent to an activating group) is 1. The largest absolute Gasteiger partial charge is 0.339 e. The van der Waals surface area contributed by atoms with E-state index in [1.165, 1.54) is 0 Å². The Labute approximate surface area is 109 Å². The van der Waals surface area contributed by atoms with Crippen molar-refractivity contribution in [1.82, 2.24) is 14.7 Å². The second kappa shape index (κ2) is 5.53. The van der Waals surface area contributed by atoms with Gasteiger partial charge in [0.25, 0.3) is 0 Å². The first-order chi connectivity index (χ1) is 8.49. The molecule has 0 aliphatic carbocycles. The predicted molar refractivity (Wildman–Crippen MR) is 69.2 cm³/mol. The minimum atomic E-state index is -0.846. The van der Waals surface area contributed by atoms with E-state index in [0.29, 0.717) is 19.0 Å². The average molecular weight is 257 g/mol. The molecule has 0 radical (unpaired) electrons. The summed E-state index contributed by atoms with van der Waals surface area (Å²) in [4.78, 5) is 18.5. The molecular weight excluding hydrogens is 233 g/mol. The van der Waals surface area contributed by atoms with Crippen molar-refractivity contribution in [2.75, 3.05) is 39.8 Å². The Morgan fingerprint density at radius 1 is 1.22 bits per heavy atom. The fourth-order valence-electron chi connectivity index (χ4n) is 2.90. The van der Waals surface area contributed by atoms with Gasteiger partial charge >= 0.3 is 0 Å². The van der Waals surface area contributed by atoms with Crippen molar-refractivity contribution < 1.29 is 9.18 Å². The van der Waals surface area contributed by atoms with Crippen LogP contribution in [0.2, 0.25) is 0 Å². The van der Waals surface area contributed by atoms with Gasteiger partial charge in [-0.15, -0.1) is 0 Å². The highest BCUT2D eigenvalue weighted by atomic mass is 19.1. The van der Waals surface area contributed by atoms with Gasteiger partial charge in [0.1, 0.15) is 6.17 Å². The minimum absolute atomic E-state index is 0.112. The van der Waals surface area contributed by atoms with Crippen LogP contribution in [0.3, 0.4) is 0 Å². The summed E-state index contributed by atoms with van der Waals surface area (Å²) in [7, 11) is 1.84. The van der Waals surface area contributed by atoms with E-state index in [2.05, 4.69) is 18.7 Å². The van der Waals surface area contributed by atoms with Crippen LogP contribution in [0.4, 0.5) is 4.39 Å². The Morgan fingerprint density at radius 3 is 2.28 bits per heavy atom. The molecule has 104 valence electrons. The standard InChI is InChI=1S/C13H24FN3O/c1-10(2)16-4-6-17(7-5-16)13(18)12-8-11(14)9-15(12)3/h10-12H,4-9H2,1-3H3/t11-,12-/m1/s1. The lowest BCUT2D eigenvalue weighted by Gasteiger charge is -2.38. The third-order valence-corrected chi connectivity index (χ3v) is 4.14. The zero-order chi connectivity index (χ0) is 13.3. The Balaban J connectivity index is 1.88. The van der Waals surface area contributed by atoms with Gasteiger partial charge in [-0.1, -0.05) is 0 Å². The maximum absolute atomic E-state index is 13.3. The average Bonchev–Trinajstić information content (AvgIpc) is 2.67. The second-order valence-corrected chi connectivity index (χ2v) is 5.74. The van der Waals surface area contributed by atoms with Crippen LogP contribution in [-0.2, 0) is 4.79 Å². The van der Waals surface area contributed by atoms with Gasteiger partial charge in [-0.3, -0.25) is 14.6 Å². The lowest BCUT2D eigenvalue weighted by atomic mass is 10.1. The molecule has 2 atom stereocenters. The molecule has 0 unspecified atom stereocenters. The molecule has 2 fully saturated rings. The number of hydrogen-bond donors (Lipinski definition) is 0. The molecule has 5 heteroatoms. The second-order valence-electron chi connectivity index (χ2n) is 5.74. The van der Waals surface area contributed by atoms with Crippen molar-refractivity contribution in [3.8, 4) is 0 Å². The zero-order valence-corrected chi connectivity index (χ0v) is 11.6. The number of carbonyl (C=O) groups is 1. The van der Waals surface area contributed by atoms with Crippen LogP contribution in [0.15, 0.2) is 0 Å². The molecule has 18 heavy (non-hydrogen) atoms. The van der Waals surface area contributed by atoms with Crippen molar-refractivity contribution in [2.24, 2.45) is 0 Å². The van der Waals surface area contributed by atoms with Gasteiger partial charge in [-0.2, -0.15) is 0 Å². The molecule has 2 rings (SSSR count). The summed E-state index contributed by atoms with van der Waals surface area (Å²) in [5.41, 5.74) is 0. The maximum atomic E-state index is 13.3. The summed E-state index contributed by atoms with van der Waals surface area (Å²) >= 11 is 0. The number of piperazine rings is 1. The molecule has 0 aromatic rings. The Bertz CT molecular complexity index is 303. The van der Waals surface area contributed by atoms with Crippen LogP contribution in [0.25, 0.3) is 0 Å². The number of nitrogens with zero attached hydrogens (tertiary/aromatic N) is 3. The molecular formula is C13H24FN3O. The summed E-state index contributed by atoms with van der Waals surface area (Å²) in [6.07, 6.45) is -0.486. The third-order valence-electron chi connectivity index (χ3n) is 4.14. The lowest BCUT2D eigenvalue weighted by Crippen LogP contribution is -2.54. The van der Waals surface area contributed by atoms with E-state index < -0.39 is 6.17 Å². The molecule has 0 saturated carbocycles. The molecule has 4 nitrogen and oxygen atoms in total. The maximum Gasteiger partial charge on any atom is 0.240 e. The van der Waals surface area contributed by atoms with Crippen molar-refractivity contribution in [1.29, 1.82) is 0 Å². The van der Waals surface area contributed by atoms with Crippen LogP contribution < -0.4 is 0 Å². The molecule has 2 heterocycles. The van der Waals surface area contributed by atoms with Gasteiger partial charge in [-0.05, 0) is 20.9 Å². The van der Waals surface area contributed by atoms with E-state index in [0.717, 1.165) is 26.2 Å². The van der Waals surface area contributed by atoms with Crippen LogP contribution in [0, 0.1) is 0 Å². The van der Waals surface area contributed by atoms with Gasteiger partial charge in [-0.25, -0.2) is 4.39 Å². The van der Waals surface area contributed by atoms with E-state index >= 15 is 0 Å². The van der Waals surface area contributed by atoms with E-state index in [-0.39, 0.29) is 11.9 Å². The highest BCUT2D eigenvalue weighted by molar-refractivity contribution is 5.82. The van der Waals surface area contributed by atoms with Crippen molar-refractivity contribution in [3.05, 3.63) is 0 Å². The van der Waals surface area contributed by atoms with E-state index in [9.17, 15) is 9.18 Å². The van der Waals surface area contributed by atoms with Crippen molar-refractivity contribution in [3.63, 3.8) is 0 Å². The van der Waals surface area contributed by atoms with E-state index in [1.807, 2.05) is 16.8 Å². The monoisotopic (exact) mass is 257 g/mol. The fraction of sp³-hybridized carbons (Fsp3) is 0.923. The predicted octanol–water partition coefficient (Wildman–Crippen LogP) is 0.581. The first kappa shape index (κ1) is 13.7. The summed E-state index contributed by atoms with van der Waals surface area (Å²) in [6, 6.07) is 0.289. The summed E-state index contributed by atoms with van der Waals surface area (Å²) < 4.78 is 13.3. The van der Waals surface area contributed by atoms with Crippen LogP contribution in [-0.4, -0.2) is 78.6 Å². The number of carbonyl (C=O) groups excluding carboxylic acids is 1. The van der Waals surface area contributed by atoms with Gasteiger partial charge < -0.3 is 4.90 Å². The third kappa shape index (κ3) is 2.83. The van der Waals surface area contributed by atoms with Gasteiger partial charge in [0.15, 0.2) is 0 Å². The smallest absolute Gasteiger partial charge is 0.240 e. The normalized spacial score (nSPS) is 31.3. The molecule has 2 aliphatic heterocycles. The first-order valence-electron chi connectivity index (χ1n) is 6.86. The number of rotatable bonds is 2. The highest BCUT2D eigenvalue weighted by Gasteiger charge is 2.37. The number of likely N-dealkylation sites (tertiary alicyclic amines) is 1. The molecule has 0 aromatic carbocycles. The summed E-state index contributed by atoms with van der Waals surface area (Å²) in [6.45, 7) is 8.16. The highest BCUT2D eigenvalue weighted by Crippen LogP contribution is 2.21. The topological polar surface area (TPSA) is 26.8 Å². The fourth-order valence-corrected chi connectivity index (χ4v) is 2.90. The van der Waals surface area contributed by atoms with Crippen LogP contribution in [0.5, 0.6) is 0 Å². The SMILES string of the molecule is CC(C)N1CCN(C(=O)[C@H]2C[C@@H](F)CN2C)CC1. The first-order valence-corrected chi connectivity index (χ1v) is 6.86. The van der Waals surface area contributed by atoms with E-state index in [1.54, 1.807) is 0 Å². The number of hydrogen-bond acceptors (Lipinski definition) is 3. The van der Waals surface area contributed by atoms with Crippen molar-refractivity contribution in [2.45, 2.75) is 38.5 Å². The molecule has 0 N–H and O–H groups in total. The molecule has 0 spiro atoms.